The summed E-state index contributed by atoms with van der Waals surface area (Å²) < 4.78 is 5.00. The fourth-order valence-electron chi connectivity index (χ4n) is 2.98. The van der Waals surface area contributed by atoms with Gasteiger partial charge in [0.1, 0.15) is 0 Å². The number of aliphatic hydroxyl groups excluding tert-OH is 1. The van der Waals surface area contributed by atoms with Gasteiger partial charge in [0.05, 0.1) is 12.7 Å². The number of benzene rings is 1. The minimum atomic E-state index is -0.311. The van der Waals surface area contributed by atoms with Crippen molar-refractivity contribution in [1.82, 2.24) is 5.32 Å². The standard InChI is InChI=1S/C16H23NO4/c1-21-14-8-4-7-13(15(14)19)16(20)17-9-11-5-2-3-6-12(11)10-18/h4,7-8,11-12,18-19H,2-3,5-6,9-10H2,1H3,(H,17,20). The first-order valence-corrected chi connectivity index (χ1v) is 7.42. The summed E-state index contributed by atoms with van der Waals surface area (Å²) in [6.45, 7) is 0.700. The van der Waals surface area contributed by atoms with Gasteiger partial charge in [0.25, 0.3) is 5.91 Å². The number of phenols is 1. The summed E-state index contributed by atoms with van der Waals surface area (Å²) in [5.41, 5.74) is 0.214. The number of rotatable bonds is 5. The molecule has 1 saturated carbocycles. The van der Waals surface area contributed by atoms with Crippen molar-refractivity contribution < 1.29 is 19.7 Å². The molecule has 0 bridgehead atoms. The first kappa shape index (κ1) is 15.6. The van der Waals surface area contributed by atoms with Crippen LogP contribution in [0.25, 0.3) is 0 Å². The molecule has 1 aliphatic carbocycles. The number of phenolic OH excluding ortho intramolecular Hbond substituents is 1. The van der Waals surface area contributed by atoms with E-state index in [4.69, 9.17) is 4.74 Å². The van der Waals surface area contributed by atoms with Gasteiger partial charge in [0, 0.05) is 13.2 Å². The molecule has 21 heavy (non-hydrogen) atoms. The summed E-state index contributed by atoms with van der Waals surface area (Å²) in [6.07, 6.45) is 4.32. The summed E-state index contributed by atoms with van der Waals surface area (Å²) in [4.78, 5) is 12.2. The van der Waals surface area contributed by atoms with Crippen LogP contribution in [-0.4, -0.2) is 36.4 Å². The minimum absolute atomic E-state index is 0.139. The Labute approximate surface area is 124 Å². The van der Waals surface area contributed by atoms with Crippen molar-refractivity contribution in [1.29, 1.82) is 0 Å². The second kappa shape index (κ2) is 7.31. The number of amides is 1. The Morgan fingerprint density at radius 2 is 2.05 bits per heavy atom. The highest BCUT2D eigenvalue weighted by Gasteiger charge is 2.25. The van der Waals surface area contributed by atoms with Gasteiger partial charge in [-0.1, -0.05) is 18.9 Å². The van der Waals surface area contributed by atoms with Crippen molar-refractivity contribution in [3.8, 4) is 11.5 Å². The first-order valence-electron chi connectivity index (χ1n) is 7.42. The molecule has 116 valence electrons. The van der Waals surface area contributed by atoms with E-state index >= 15 is 0 Å². The quantitative estimate of drug-likeness (QED) is 0.775. The fraction of sp³-hybridized carbons (Fsp3) is 0.562. The fourth-order valence-corrected chi connectivity index (χ4v) is 2.98. The molecule has 1 fully saturated rings. The Bertz CT molecular complexity index is 489. The molecular formula is C16H23NO4. The second-order valence-electron chi connectivity index (χ2n) is 5.55. The minimum Gasteiger partial charge on any atom is -0.504 e. The van der Waals surface area contributed by atoms with Gasteiger partial charge in [-0.15, -0.1) is 0 Å². The van der Waals surface area contributed by atoms with Crippen LogP contribution in [0.1, 0.15) is 36.0 Å². The average Bonchev–Trinajstić information content (AvgIpc) is 2.53. The van der Waals surface area contributed by atoms with Crippen molar-refractivity contribution in [3.63, 3.8) is 0 Å². The zero-order valence-corrected chi connectivity index (χ0v) is 12.3. The summed E-state index contributed by atoms with van der Waals surface area (Å²) in [5.74, 6) is 0.403. The van der Waals surface area contributed by atoms with Crippen LogP contribution in [0.5, 0.6) is 11.5 Å². The smallest absolute Gasteiger partial charge is 0.255 e. The molecule has 0 aliphatic heterocycles. The van der Waals surface area contributed by atoms with E-state index in [-0.39, 0.29) is 35.5 Å². The zero-order chi connectivity index (χ0) is 15.2. The van der Waals surface area contributed by atoms with E-state index in [1.165, 1.54) is 7.11 Å². The number of hydrogen-bond acceptors (Lipinski definition) is 4. The molecule has 1 aromatic rings. The number of aromatic hydroxyl groups is 1. The molecule has 2 unspecified atom stereocenters. The van der Waals surface area contributed by atoms with Gasteiger partial charge in [0.15, 0.2) is 11.5 Å². The molecular weight excluding hydrogens is 270 g/mol. The lowest BCUT2D eigenvalue weighted by Crippen LogP contribution is -2.35. The Morgan fingerprint density at radius 1 is 1.33 bits per heavy atom. The molecule has 3 N–H and O–H groups in total. The van der Waals surface area contributed by atoms with E-state index in [2.05, 4.69) is 5.32 Å². The highest BCUT2D eigenvalue weighted by atomic mass is 16.5. The highest BCUT2D eigenvalue weighted by molar-refractivity contribution is 5.97. The van der Waals surface area contributed by atoms with Crippen molar-refractivity contribution in [3.05, 3.63) is 23.8 Å². The van der Waals surface area contributed by atoms with E-state index < -0.39 is 0 Å². The molecule has 0 spiro atoms. The van der Waals surface area contributed by atoms with Gasteiger partial charge in [-0.2, -0.15) is 0 Å². The molecule has 0 saturated heterocycles. The zero-order valence-electron chi connectivity index (χ0n) is 12.3. The lowest BCUT2D eigenvalue weighted by Gasteiger charge is -2.30. The van der Waals surface area contributed by atoms with Crippen LogP contribution in [0.2, 0.25) is 0 Å². The van der Waals surface area contributed by atoms with E-state index in [0.717, 1.165) is 25.7 Å². The van der Waals surface area contributed by atoms with E-state index in [0.29, 0.717) is 12.5 Å². The van der Waals surface area contributed by atoms with Crippen LogP contribution in [0.4, 0.5) is 0 Å². The van der Waals surface area contributed by atoms with Gasteiger partial charge < -0.3 is 20.3 Å². The third-order valence-electron chi connectivity index (χ3n) is 4.29. The maximum absolute atomic E-state index is 12.2. The molecule has 5 nitrogen and oxygen atoms in total. The van der Waals surface area contributed by atoms with Crippen LogP contribution >= 0.6 is 0 Å². The van der Waals surface area contributed by atoms with Crippen LogP contribution in [0.15, 0.2) is 18.2 Å². The lowest BCUT2D eigenvalue weighted by molar-refractivity contribution is 0.0906. The second-order valence-corrected chi connectivity index (χ2v) is 5.55. The van der Waals surface area contributed by atoms with Crippen LogP contribution in [-0.2, 0) is 0 Å². The van der Waals surface area contributed by atoms with E-state index in [1.807, 2.05) is 0 Å². The van der Waals surface area contributed by atoms with Gasteiger partial charge in [-0.25, -0.2) is 0 Å². The van der Waals surface area contributed by atoms with Crippen LogP contribution in [0, 0.1) is 11.8 Å². The predicted molar refractivity (Wildman–Crippen MR) is 79.5 cm³/mol. The highest BCUT2D eigenvalue weighted by Crippen LogP contribution is 2.31. The van der Waals surface area contributed by atoms with Gasteiger partial charge in [-0.3, -0.25) is 4.79 Å². The van der Waals surface area contributed by atoms with Crippen LogP contribution in [0.3, 0.4) is 0 Å². The topological polar surface area (TPSA) is 78.8 Å². The van der Waals surface area contributed by atoms with Crippen molar-refractivity contribution in [2.24, 2.45) is 11.8 Å². The van der Waals surface area contributed by atoms with Gasteiger partial charge >= 0.3 is 0 Å². The predicted octanol–water partition coefficient (Wildman–Crippen LogP) is 1.93. The summed E-state index contributed by atoms with van der Waals surface area (Å²) >= 11 is 0. The largest absolute Gasteiger partial charge is 0.504 e. The Morgan fingerprint density at radius 3 is 2.71 bits per heavy atom. The number of methoxy groups -OCH3 is 1. The number of carbonyl (C=O) groups is 1. The number of ether oxygens (including phenoxy) is 1. The molecule has 1 aromatic carbocycles. The molecule has 2 atom stereocenters. The summed E-state index contributed by atoms with van der Waals surface area (Å²) in [7, 11) is 1.45. The van der Waals surface area contributed by atoms with Crippen molar-refractivity contribution >= 4 is 5.91 Å². The molecule has 5 heteroatoms. The van der Waals surface area contributed by atoms with Gasteiger partial charge in [-0.05, 0) is 36.8 Å². The van der Waals surface area contributed by atoms with E-state index in [1.54, 1.807) is 18.2 Å². The monoisotopic (exact) mass is 293 g/mol. The number of nitrogens with one attached hydrogen (secondary N) is 1. The average molecular weight is 293 g/mol. The number of carbonyl (C=O) groups excluding carboxylic acids is 1. The summed E-state index contributed by atoms with van der Waals surface area (Å²) in [6, 6.07) is 4.84. The van der Waals surface area contributed by atoms with Crippen molar-refractivity contribution in [2.45, 2.75) is 25.7 Å². The molecule has 1 amide bonds. The number of aliphatic hydroxyl groups is 1. The van der Waals surface area contributed by atoms with Crippen molar-refractivity contribution in [2.75, 3.05) is 20.3 Å². The SMILES string of the molecule is COc1cccc(C(=O)NCC2CCCCC2CO)c1O. The third kappa shape index (κ3) is 3.67. The Kier molecular flexibility index (Phi) is 5.44. The number of para-hydroxylation sites is 1. The maximum atomic E-state index is 12.2. The molecule has 0 aromatic heterocycles. The summed E-state index contributed by atoms with van der Waals surface area (Å²) in [5, 5.41) is 22.2. The lowest BCUT2D eigenvalue weighted by atomic mass is 9.79. The Hall–Kier alpha value is -1.75. The van der Waals surface area contributed by atoms with E-state index in [9.17, 15) is 15.0 Å². The molecule has 2 rings (SSSR count). The van der Waals surface area contributed by atoms with Crippen LogP contribution < -0.4 is 10.1 Å². The normalized spacial score (nSPS) is 21.8. The maximum Gasteiger partial charge on any atom is 0.255 e. The Balaban J connectivity index is 1.98. The first-order chi connectivity index (χ1) is 10.2. The molecule has 0 radical (unpaired) electrons. The third-order valence-corrected chi connectivity index (χ3v) is 4.29. The molecule has 1 aliphatic rings. The van der Waals surface area contributed by atoms with Gasteiger partial charge in [0.2, 0.25) is 0 Å². The number of hydrogen-bond donors (Lipinski definition) is 3. The molecule has 0 heterocycles.